The van der Waals surface area contributed by atoms with Crippen LogP contribution in [0.5, 0.6) is 11.5 Å². The molecular weight excluding hydrogens is 296 g/mol. The van der Waals surface area contributed by atoms with Crippen LogP contribution in [0.25, 0.3) is 11.6 Å². The Bertz CT molecular complexity index is 782. The van der Waals surface area contributed by atoms with Gasteiger partial charge < -0.3 is 10.2 Å². The molecule has 0 heterocycles. The number of allylic oxidation sites excluding steroid dienone is 1. The van der Waals surface area contributed by atoms with Crippen LogP contribution >= 0.6 is 0 Å². The van der Waals surface area contributed by atoms with Gasteiger partial charge in [-0.05, 0) is 96.3 Å². The summed E-state index contributed by atoms with van der Waals surface area (Å²) in [5, 5.41) is 20.2. The summed E-state index contributed by atoms with van der Waals surface area (Å²) in [4.78, 5) is 0. The van der Waals surface area contributed by atoms with Crippen LogP contribution in [0.1, 0.15) is 61.1 Å². The van der Waals surface area contributed by atoms with Crippen molar-refractivity contribution >= 4 is 11.6 Å². The standard InChI is InChI=1S/C22H28O2/c1-13(8-17-9-15(3)21(24)16(4)10-17)18-12-19(22(5,6)7)20(23)11-14(18)2/h8-12,23-24H,1-7H3. The highest BCUT2D eigenvalue weighted by atomic mass is 16.3. The molecule has 0 aliphatic carbocycles. The zero-order valence-corrected chi connectivity index (χ0v) is 15.8. The van der Waals surface area contributed by atoms with Crippen LogP contribution in [0.15, 0.2) is 24.3 Å². The van der Waals surface area contributed by atoms with E-state index in [0.717, 1.165) is 39.0 Å². The van der Waals surface area contributed by atoms with Crippen LogP contribution in [0, 0.1) is 20.8 Å². The lowest BCUT2D eigenvalue weighted by molar-refractivity contribution is 0.446. The van der Waals surface area contributed by atoms with E-state index in [1.54, 1.807) is 0 Å². The molecule has 128 valence electrons. The van der Waals surface area contributed by atoms with Crippen molar-refractivity contribution in [3.63, 3.8) is 0 Å². The third kappa shape index (κ3) is 3.64. The van der Waals surface area contributed by atoms with Gasteiger partial charge in [-0.25, -0.2) is 0 Å². The zero-order valence-electron chi connectivity index (χ0n) is 15.8. The molecular formula is C22H28O2. The highest BCUT2D eigenvalue weighted by molar-refractivity contribution is 5.82. The van der Waals surface area contributed by atoms with Crippen LogP contribution in [0.4, 0.5) is 0 Å². The molecule has 2 nitrogen and oxygen atoms in total. The molecule has 2 aromatic rings. The first kappa shape index (κ1) is 18.1. The van der Waals surface area contributed by atoms with E-state index >= 15 is 0 Å². The molecule has 0 spiro atoms. The van der Waals surface area contributed by atoms with Crippen molar-refractivity contribution in [1.29, 1.82) is 0 Å². The van der Waals surface area contributed by atoms with E-state index in [1.807, 2.05) is 39.0 Å². The molecule has 2 rings (SSSR count). The fourth-order valence-electron chi connectivity index (χ4n) is 3.12. The monoisotopic (exact) mass is 324 g/mol. The fraction of sp³-hybridized carbons (Fsp3) is 0.364. The Morgan fingerprint density at radius 2 is 1.42 bits per heavy atom. The first-order chi connectivity index (χ1) is 11.0. The number of hydrogen-bond donors (Lipinski definition) is 2. The predicted octanol–water partition coefficient (Wildman–Crippen LogP) is 5.88. The van der Waals surface area contributed by atoms with E-state index in [4.69, 9.17) is 0 Å². The number of rotatable bonds is 2. The second-order valence-corrected chi connectivity index (χ2v) is 7.76. The Hall–Kier alpha value is -2.22. The lowest BCUT2D eigenvalue weighted by Gasteiger charge is -2.22. The smallest absolute Gasteiger partial charge is 0.121 e. The lowest BCUT2D eigenvalue weighted by atomic mass is 9.83. The summed E-state index contributed by atoms with van der Waals surface area (Å²) in [5.41, 5.74) is 7.02. The van der Waals surface area contributed by atoms with Gasteiger partial charge in [0, 0.05) is 0 Å². The summed E-state index contributed by atoms with van der Waals surface area (Å²) in [5.74, 6) is 0.716. The van der Waals surface area contributed by atoms with Crippen LogP contribution in [0.3, 0.4) is 0 Å². The lowest BCUT2D eigenvalue weighted by Crippen LogP contribution is -2.12. The van der Waals surface area contributed by atoms with Gasteiger partial charge in [-0.15, -0.1) is 0 Å². The fourth-order valence-corrected chi connectivity index (χ4v) is 3.12. The Balaban J connectivity index is 2.55. The zero-order chi connectivity index (χ0) is 18.2. The second-order valence-electron chi connectivity index (χ2n) is 7.76. The maximum atomic E-state index is 10.3. The van der Waals surface area contributed by atoms with E-state index in [0.29, 0.717) is 11.5 Å². The van der Waals surface area contributed by atoms with Gasteiger partial charge in [0.25, 0.3) is 0 Å². The van der Waals surface area contributed by atoms with Gasteiger partial charge >= 0.3 is 0 Å². The first-order valence-electron chi connectivity index (χ1n) is 8.33. The summed E-state index contributed by atoms with van der Waals surface area (Å²) in [6, 6.07) is 7.93. The molecule has 2 N–H and O–H groups in total. The van der Waals surface area contributed by atoms with E-state index in [2.05, 4.69) is 39.8 Å². The van der Waals surface area contributed by atoms with Gasteiger partial charge in [0.1, 0.15) is 11.5 Å². The van der Waals surface area contributed by atoms with Crippen molar-refractivity contribution in [2.24, 2.45) is 0 Å². The summed E-state index contributed by atoms with van der Waals surface area (Å²) in [7, 11) is 0. The van der Waals surface area contributed by atoms with Gasteiger partial charge in [-0.2, -0.15) is 0 Å². The molecule has 24 heavy (non-hydrogen) atoms. The van der Waals surface area contributed by atoms with Crippen LogP contribution in [-0.4, -0.2) is 10.2 Å². The largest absolute Gasteiger partial charge is 0.508 e. The quantitative estimate of drug-likeness (QED) is 0.677. The number of phenolic OH excluding ortho intramolecular Hbond substituents is 2. The van der Waals surface area contributed by atoms with Gasteiger partial charge in [0.05, 0.1) is 0 Å². The van der Waals surface area contributed by atoms with E-state index in [9.17, 15) is 10.2 Å². The summed E-state index contributed by atoms with van der Waals surface area (Å²) >= 11 is 0. The minimum absolute atomic E-state index is 0.113. The Morgan fingerprint density at radius 3 is 1.92 bits per heavy atom. The minimum atomic E-state index is -0.113. The average molecular weight is 324 g/mol. The number of hydrogen-bond acceptors (Lipinski definition) is 2. The first-order valence-corrected chi connectivity index (χ1v) is 8.33. The number of benzene rings is 2. The Kier molecular flexibility index (Phi) is 4.80. The Labute approximate surface area is 145 Å². The van der Waals surface area contributed by atoms with Crippen molar-refractivity contribution < 1.29 is 10.2 Å². The van der Waals surface area contributed by atoms with Gasteiger partial charge in [-0.1, -0.05) is 26.8 Å². The topological polar surface area (TPSA) is 40.5 Å². The van der Waals surface area contributed by atoms with Crippen LogP contribution in [0.2, 0.25) is 0 Å². The second kappa shape index (κ2) is 6.35. The molecule has 2 heteroatoms. The number of aryl methyl sites for hydroxylation is 3. The highest BCUT2D eigenvalue weighted by Crippen LogP contribution is 2.35. The van der Waals surface area contributed by atoms with Crippen LogP contribution in [-0.2, 0) is 5.41 Å². The van der Waals surface area contributed by atoms with Crippen molar-refractivity contribution in [3.8, 4) is 11.5 Å². The molecule has 0 aliphatic rings. The van der Waals surface area contributed by atoms with Crippen molar-refractivity contribution in [2.75, 3.05) is 0 Å². The Morgan fingerprint density at radius 1 is 0.875 bits per heavy atom. The molecule has 2 aromatic carbocycles. The van der Waals surface area contributed by atoms with E-state index in [-0.39, 0.29) is 5.41 Å². The minimum Gasteiger partial charge on any atom is -0.508 e. The maximum Gasteiger partial charge on any atom is 0.121 e. The summed E-state index contributed by atoms with van der Waals surface area (Å²) < 4.78 is 0. The molecule has 0 amide bonds. The van der Waals surface area contributed by atoms with Crippen molar-refractivity contribution in [2.45, 2.75) is 53.9 Å². The third-order valence-electron chi connectivity index (χ3n) is 4.47. The number of aromatic hydroxyl groups is 2. The van der Waals surface area contributed by atoms with Gasteiger partial charge in [-0.3, -0.25) is 0 Å². The number of phenols is 2. The molecule has 0 unspecified atom stereocenters. The van der Waals surface area contributed by atoms with E-state index in [1.165, 1.54) is 0 Å². The van der Waals surface area contributed by atoms with Crippen LogP contribution < -0.4 is 0 Å². The SMILES string of the molecule is CC(=Cc1cc(C)c(O)c(C)c1)c1cc(C(C)(C)C)c(O)cc1C. The van der Waals surface area contributed by atoms with E-state index < -0.39 is 0 Å². The third-order valence-corrected chi connectivity index (χ3v) is 4.47. The molecule has 0 atom stereocenters. The highest BCUT2D eigenvalue weighted by Gasteiger charge is 2.20. The van der Waals surface area contributed by atoms with Crippen molar-refractivity contribution in [1.82, 2.24) is 0 Å². The maximum absolute atomic E-state index is 10.3. The normalized spacial score (nSPS) is 12.5. The molecule has 0 saturated carbocycles. The van der Waals surface area contributed by atoms with Gasteiger partial charge in [0.2, 0.25) is 0 Å². The summed E-state index contributed by atoms with van der Waals surface area (Å²) in [6.07, 6.45) is 2.13. The van der Waals surface area contributed by atoms with Gasteiger partial charge in [0.15, 0.2) is 0 Å². The molecule has 0 bridgehead atoms. The molecule has 0 aliphatic heterocycles. The molecule has 0 saturated heterocycles. The summed E-state index contributed by atoms with van der Waals surface area (Å²) in [6.45, 7) is 14.2. The van der Waals surface area contributed by atoms with Crippen molar-refractivity contribution in [3.05, 3.63) is 57.6 Å². The molecule has 0 fully saturated rings. The average Bonchev–Trinajstić information content (AvgIpc) is 2.43. The predicted molar refractivity (Wildman–Crippen MR) is 103 cm³/mol. The molecule has 0 aromatic heterocycles. The molecule has 0 radical (unpaired) electrons.